The molecule has 4 aliphatic carbocycles. The Bertz CT molecular complexity index is 938. The van der Waals surface area contributed by atoms with Gasteiger partial charge in [0.15, 0.2) is 0 Å². The number of ether oxygens (including phenoxy) is 1. The Hall–Kier alpha value is -0.650. The zero-order valence-electron chi connectivity index (χ0n) is 32.7. The smallest absolute Gasteiger partial charge is 0.305 e. The van der Waals surface area contributed by atoms with E-state index in [0.29, 0.717) is 42.6 Å². The second-order valence-corrected chi connectivity index (χ2v) is 18.3. The second-order valence-electron chi connectivity index (χ2n) is 18.3. The molecule has 0 radical (unpaired) electrons. The third-order valence-electron chi connectivity index (χ3n) is 15.1. The maximum atomic E-state index is 12.7. The third-order valence-corrected chi connectivity index (χ3v) is 15.1. The molecule has 0 spiro atoms. The standard InChI is InChI=1S/C44H80O5/c1-5-6-7-8-9-10-11-12-13-14-15-16-17-18-19-20-21-22-29-49-41(48)26-23-33(2)36-24-25-37-42-38(32-40(47)44(36,37)4)43(3)28-27-35(45)30-34(43)31-39(42)46/h33-40,42,45-47H,5-32H2,1-4H3/t33-,34+,35-,36-,37+,38+,39-,40+,42+,43+,44-/m1/s1. The van der Waals surface area contributed by atoms with Gasteiger partial charge in [-0.1, -0.05) is 137 Å². The van der Waals surface area contributed by atoms with Gasteiger partial charge in [0.25, 0.3) is 0 Å². The Morgan fingerprint density at radius 3 is 1.84 bits per heavy atom. The number of aliphatic hydroxyl groups excluding tert-OH is 3. The van der Waals surface area contributed by atoms with Gasteiger partial charge < -0.3 is 20.1 Å². The third kappa shape index (κ3) is 10.9. The summed E-state index contributed by atoms with van der Waals surface area (Å²) >= 11 is 0. The Labute approximate surface area is 302 Å². The van der Waals surface area contributed by atoms with Crippen molar-refractivity contribution in [3.05, 3.63) is 0 Å². The first kappa shape index (κ1) is 41.1. The predicted octanol–water partition coefficient (Wildman–Crippen LogP) is 10.9. The molecule has 4 rings (SSSR count). The van der Waals surface area contributed by atoms with Crippen molar-refractivity contribution >= 4 is 5.97 Å². The molecule has 5 nitrogen and oxygen atoms in total. The number of rotatable bonds is 23. The van der Waals surface area contributed by atoms with Gasteiger partial charge in [-0.05, 0) is 104 Å². The summed E-state index contributed by atoms with van der Waals surface area (Å²) in [4.78, 5) is 12.7. The molecular weight excluding hydrogens is 608 g/mol. The van der Waals surface area contributed by atoms with Crippen LogP contribution in [0.25, 0.3) is 0 Å². The van der Waals surface area contributed by atoms with Crippen LogP contribution in [0.15, 0.2) is 0 Å². The molecule has 286 valence electrons. The molecule has 0 aromatic heterocycles. The van der Waals surface area contributed by atoms with Gasteiger partial charge in [-0.2, -0.15) is 0 Å². The molecule has 0 unspecified atom stereocenters. The fourth-order valence-corrected chi connectivity index (χ4v) is 11.9. The van der Waals surface area contributed by atoms with Crippen LogP contribution in [0.4, 0.5) is 0 Å². The molecule has 11 atom stereocenters. The van der Waals surface area contributed by atoms with E-state index in [0.717, 1.165) is 64.2 Å². The molecule has 4 saturated carbocycles. The van der Waals surface area contributed by atoms with Crippen LogP contribution in [0.1, 0.15) is 201 Å². The lowest BCUT2D eigenvalue weighted by Gasteiger charge is -2.63. The molecule has 49 heavy (non-hydrogen) atoms. The van der Waals surface area contributed by atoms with E-state index in [1.165, 1.54) is 103 Å². The lowest BCUT2D eigenvalue weighted by Crippen LogP contribution is -2.62. The first-order chi connectivity index (χ1) is 23.6. The number of carbonyl (C=O) groups is 1. The van der Waals surface area contributed by atoms with Gasteiger partial charge in [0.2, 0.25) is 0 Å². The van der Waals surface area contributed by atoms with Crippen LogP contribution >= 0.6 is 0 Å². The van der Waals surface area contributed by atoms with E-state index in [2.05, 4.69) is 27.7 Å². The van der Waals surface area contributed by atoms with Crippen molar-refractivity contribution < 1.29 is 24.9 Å². The summed E-state index contributed by atoms with van der Waals surface area (Å²) in [5.41, 5.74) is -0.110. The molecule has 0 saturated heterocycles. The van der Waals surface area contributed by atoms with E-state index >= 15 is 0 Å². The van der Waals surface area contributed by atoms with Crippen LogP contribution in [0, 0.1) is 46.3 Å². The molecule has 0 heterocycles. The Morgan fingerprint density at radius 2 is 1.27 bits per heavy atom. The van der Waals surface area contributed by atoms with E-state index in [1.807, 2.05) is 0 Å². The molecule has 0 aromatic carbocycles. The summed E-state index contributed by atoms with van der Waals surface area (Å²) in [5.74, 6) is 1.87. The van der Waals surface area contributed by atoms with Crippen LogP contribution in [-0.4, -0.2) is 46.2 Å². The fourth-order valence-electron chi connectivity index (χ4n) is 11.9. The Balaban J connectivity index is 1.03. The van der Waals surface area contributed by atoms with Crippen LogP contribution in [0.2, 0.25) is 0 Å². The number of esters is 1. The lowest BCUT2D eigenvalue weighted by molar-refractivity contribution is -0.207. The number of aliphatic hydroxyl groups is 3. The Morgan fingerprint density at radius 1 is 0.714 bits per heavy atom. The van der Waals surface area contributed by atoms with Crippen molar-refractivity contribution in [3.63, 3.8) is 0 Å². The van der Waals surface area contributed by atoms with Gasteiger partial charge in [-0.3, -0.25) is 4.79 Å². The molecule has 5 heteroatoms. The van der Waals surface area contributed by atoms with E-state index < -0.39 is 0 Å². The normalized spacial score (nSPS) is 36.1. The molecule has 0 aliphatic heterocycles. The minimum atomic E-state index is -0.375. The maximum Gasteiger partial charge on any atom is 0.305 e. The monoisotopic (exact) mass is 689 g/mol. The van der Waals surface area contributed by atoms with Gasteiger partial charge in [0.1, 0.15) is 0 Å². The zero-order valence-corrected chi connectivity index (χ0v) is 32.7. The topological polar surface area (TPSA) is 87.0 Å². The SMILES string of the molecule is CCCCCCCCCCCCCCCCCCCCOC(=O)CC[C@@H](C)[C@H]1CC[C@H]2[C@@H]3[C@H](O)C[C@@H]4C[C@H](O)CC[C@]4(C)[C@H]3C[C@H](O)[C@]12C. The van der Waals surface area contributed by atoms with E-state index in [4.69, 9.17) is 4.74 Å². The lowest BCUT2D eigenvalue weighted by atomic mass is 9.43. The summed E-state index contributed by atoms with van der Waals surface area (Å²) in [6.07, 6.45) is 31.1. The van der Waals surface area contributed by atoms with Crippen molar-refractivity contribution in [1.82, 2.24) is 0 Å². The molecule has 3 N–H and O–H groups in total. The van der Waals surface area contributed by atoms with Gasteiger partial charge in [-0.15, -0.1) is 0 Å². The van der Waals surface area contributed by atoms with Crippen LogP contribution in [-0.2, 0) is 9.53 Å². The Kier molecular flexibility index (Phi) is 17.2. The average molecular weight is 689 g/mol. The second kappa shape index (κ2) is 20.6. The summed E-state index contributed by atoms with van der Waals surface area (Å²) < 4.78 is 5.65. The average Bonchev–Trinajstić information content (AvgIpc) is 3.44. The minimum Gasteiger partial charge on any atom is -0.466 e. The van der Waals surface area contributed by atoms with Gasteiger partial charge in [-0.25, -0.2) is 0 Å². The number of carbonyl (C=O) groups excluding carboxylic acids is 1. The molecular formula is C44H80O5. The largest absolute Gasteiger partial charge is 0.466 e. The molecule has 0 aromatic rings. The quantitative estimate of drug-likeness (QED) is 0.0735. The minimum absolute atomic E-state index is 0.0658. The summed E-state index contributed by atoms with van der Waals surface area (Å²) in [5, 5.41) is 33.7. The van der Waals surface area contributed by atoms with Gasteiger partial charge >= 0.3 is 5.97 Å². The maximum absolute atomic E-state index is 12.7. The van der Waals surface area contributed by atoms with Crippen LogP contribution in [0.3, 0.4) is 0 Å². The number of hydrogen-bond donors (Lipinski definition) is 3. The first-order valence-corrected chi connectivity index (χ1v) is 21.8. The highest BCUT2D eigenvalue weighted by atomic mass is 16.5. The highest BCUT2D eigenvalue weighted by molar-refractivity contribution is 5.69. The highest BCUT2D eigenvalue weighted by Gasteiger charge is 2.65. The summed E-state index contributed by atoms with van der Waals surface area (Å²) in [7, 11) is 0. The number of unbranched alkanes of at least 4 members (excludes halogenated alkanes) is 17. The van der Waals surface area contributed by atoms with Gasteiger partial charge in [0, 0.05) is 6.42 Å². The van der Waals surface area contributed by atoms with Gasteiger partial charge in [0.05, 0.1) is 24.9 Å². The highest BCUT2D eigenvalue weighted by Crippen LogP contribution is 2.68. The van der Waals surface area contributed by atoms with Crippen LogP contribution < -0.4 is 0 Å². The molecule has 4 fully saturated rings. The van der Waals surface area contributed by atoms with E-state index in [-0.39, 0.29) is 41.0 Å². The van der Waals surface area contributed by atoms with E-state index in [9.17, 15) is 20.1 Å². The van der Waals surface area contributed by atoms with Crippen molar-refractivity contribution in [2.24, 2.45) is 46.3 Å². The van der Waals surface area contributed by atoms with Crippen molar-refractivity contribution in [2.75, 3.05) is 6.61 Å². The first-order valence-electron chi connectivity index (χ1n) is 21.8. The number of fused-ring (bicyclic) bond motifs is 5. The summed E-state index contributed by atoms with van der Waals surface area (Å²) in [6.45, 7) is 9.81. The molecule has 0 bridgehead atoms. The van der Waals surface area contributed by atoms with Crippen LogP contribution in [0.5, 0.6) is 0 Å². The summed E-state index contributed by atoms with van der Waals surface area (Å²) in [6, 6.07) is 0. The predicted molar refractivity (Wildman–Crippen MR) is 202 cm³/mol. The van der Waals surface area contributed by atoms with Crippen molar-refractivity contribution in [2.45, 2.75) is 219 Å². The molecule has 0 amide bonds. The van der Waals surface area contributed by atoms with E-state index in [1.54, 1.807) is 0 Å². The van der Waals surface area contributed by atoms with Crippen molar-refractivity contribution in [1.29, 1.82) is 0 Å². The fraction of sp³-hybridized carbons (Fsp3) is 0.977. The number of hydrogen-bond acceptors (Lipinski definition) is 5. The van der Waals surface area contributed by atoms with Crippen molar-refractivity contribution in [3.8, 4) is 0 Å². The molecule has 4 aliphatic rings. The zero-order chi connectivity index (χ0) is 35.3.